The van der Waals surface area contributed by atoms with E-state index in [0.717, 1.165) is 19.4 Å². The summed E-state index contributed by atoms with van der Waals surface area (Å²) < 4.78 is 4.66. The van der Waals surface area contributed by atoms with Gasteiger partial charge in [-0.2, -0.15) is 0 Å². The molecule has 0 saturated carbocycles. The predicted molar refractivity (Wildman–Crippen MR) is 97.6 cm³/mol. The van der Waals surface area contributed by atoms with Crippen LogP contribution in [0, 0.1) is 0 Å². The number of hydrogen-bond donors (Lipinski definition) is 1. The van der Waals surface area contributed by atoms with Crippen LogP contribution < -0.4 is 5.73 Å². The van der Waals surface area contributed by atoms with Crippen LogP contribution in [0.15, 0.2) is 35.0 Å². The molecule has 26 heavy (non-hydrogen) atoms. The molecular formula is C19H25N5O2. The monoisotopic (exact) mass is 355 g/mol. The van der Waals surface area contributed by atoms with E-state index < -0.39 is 0 Å². The third kappa shape index (κ3) is 2.96. The van der Waals surface area contributed by atoms with Gasteiger partial charge in [0.25, 0.3) is 5.91 Å². The second-order valence-corrected chi connectivity index (χ2v) is 7.36. The molecule has 7 heteroatoms. The van der Waals surface area contributed by atoms with E-state index in [1.165, 1.54) is 18.4 Å². The third-order valence-corrected chi connectivity index (χ3v) is 5.82. The Morgan fingerprint density at radius 3 is 2.73 bits per heavy atom. The van der Waals surface area contributed by atoms with Gasteiger partial charge in [0.1, 0.15) is 0 Å². The van der Waals surface area contributed by atoms with Gasteiger partial charge in [0, 0.05) is 24.5 Å². The maximum Gasteiger partial charge on any atom is 0.280 e. The maximum atomic E-state index is 13.1. The summed E-state index contributed by atoms with van der Waals surface area (Å²) in [6.45, 7) is 1.72. The summed E-state index contributed by atoms with van der Waals surface area (Å²) in [6, 6.07) is 10.9. The van der Waals surface area contributed by atoms with Crippen LogP contribution in [0.4, 0.5) is 5.82 Å². The van der Waals surface area contributed by atoms with Crippen molar-refractivity contribution in [3.8, 4) is 0 Å². The van der Waals surface area contributed by atoms with E-state index >= 15 is 0 Å². The van der Waals surface area contributed by atoms with Crippen molar-refractivity contribution in [2.24, 2.45) is 0 Å². The highest BCUT2D eigenvalue weighted by Gasteiger charge is 2.47. The summed E-state index contributed by atoms with van der Waals surface area (Å²) in [5, 5.41) is 7.31. The summed E-state index contributed by atoms with van der Waals surface area (Å²) in [5.41, 5.74) is 7.18. The van der Waals surface area contributed by atoms with Crippen LogP contribution in [0.25, 0.3) is 0 Å². The number of rotatable bonds is 2. The first-order valence-corrected chi connectivity index (χ1v) is 9.31. The molecule has 2 aliphatic heterocycles. The molecule has 0 aliphatic carbocycles. The van der Waals surface area contributed by atoms with Gasteiger partial charge in [-0.3, -0.25) is 4.79 Å². The summed E-state index contributed by atoms with van der Waals surface area (Å²) in [7, 11) is 2.18. The first kappa shape index (κ1) is 17.0. The highest BCUT2D eigenvalue weighted by atomic mass is 16.6. The third-order valence-electron chi connectivity index (χ3n) is 5.82. The molecule has 0 unspecified atom stereocenters. The van der Waals surface area contributed by atoms with Crippen molar-refractivity contribution in [3.05, 3.63) is 41.6 Å². The molecule has 1 aromatic heterocycles. The molecule has 2 aliphatic rings. The van der Waals surface area contributed by atoms with Crippen LogP contribution >= 0.6 is 0 Å². The maximum absolute atomic E-state index is 13.1. The average molecular weight is 355 g/mol. The number of amides is 1. The zero-order chi connectivity index (χ0) is 18.1. The number of aromatic nitrogens is 2. The van der Waals surface area contributed by atoms with E-state index in [0.29, 0.717) is 12.6 Å². The van der Waals surface area contributed by atoms with Gasteiger partial charge < -0.3 is 15.5 Å². The number of carbonyl (C=O) groups excluding carboxylic acids is 1. The lowest BCUT2D eigenvalue weighted by molar-refractivity contribution is 0.0659. The van der Waals surface area contributed by atoms with Gasteiger partial charge in [-0.05, 0) is 42.3 Å². The van der Waals surface area contributed by atoms with Crippen molar-refractivity contribution in [1.82, 2.24) is 20.1 Å². The lowest BCUT2D eigenvalue weighted by Crippen LogP contribution is -2.47. The first-order chi connectivity index (χ1) is 12.7. The topological polar surface area (TPSA) is 88.5 Å². The minimum atomic E-state index is -0.175. The molecule has 3 atom stereocenters. The first-order valence-electron chi connectivity index (χ1n) is 9.31. The number of nitrogens with zero attached hydrogens (tertiary/aromatic N) is 4. The minimum absolute atomic E-state index is 0.0638. The number of likely N-dealkylation sites (N-methyl/N-ethyl adjacent to an activating group) is 1. The number of likely N-dealkylation sites (tertiary alicyclic amines) is 2. The summed E-state index contributed by atoms with van der Waals surface area (Å²) >= 11 is 0. The van der Waals surface area contributed by atoms with Gasteiger partial charge in [-0.1, -0.05) is 43.2 Å². The van der Waals surface area contributed by atoms with Crippen molar-refractivity contribution in [2.45, 2.75) is 43.7 Å². The Morgan fingerprint density at radius 2 is 2.00 bits per heavy atom. The van der Waals surface area contributed by atoms with Gasteiger partial charge in [0.05, 0.1) is 0 Å². The largest absolute Gasteiger partial charge is 0.379 e. The summed E-state index contributed by atoms with van der Waals surface area (Å²) in [4.78, 5) is 17.5. The van der Waals surface area contributed by atoms with Crippen LogP contribution in [0.1, 0.15) is 47.7 Å². The fraction of sp³-hybridized carbons (Fsp3) is 0.526. The predicted octanol–water partition coefficient (Wildman–Crippen LogP) is 2.13. The molecule has 0 radical (unpaired) electrons. The molecule has 3 heterocycles. The van der Waals surface area contributed by atoms with Gasteiger partial charge in [0.2, 0.25) is 11.5 Å². The SMILES string of the molecule is CN1CCCCC[C@@H]2[C@@H]1[C@H](c1ccccc1)CN2C(=O)c1nonc1N. The Labute approximate surface area is 153 Å². The standard InChI is InChI=1S/C19H25N5O2/c1-23-11-7-3-6-10-15-17(23)14(13-8-4-2-5-9-13)12-24(15)19(25)16-18(20)22-26-21-16/h2,4-5,8-9,14-15,17H,3,6-7,10-12H2,1H3,(H2,20,22)/t14-,15+,17-/m0/s1. The number of anilines is 1. The van der Waals surface area contributed by atoms with E-state index in [9.17, 15) is 4.79 Å². The zero-order valence-electron chi connectivity index (χ0n) is 15.0. The molecule has 2 N–H and O–H groups in total. The van der Waals surface area contributed by atoms with Crippen LogP contribution in [-0.2, 0) is 0 Å². The molecule has 2 fully saturated rings. The van der Waals surface area contributed by atoms with Gasteiger partial charge >= 0.3 is 0 Å². The Kier molecular flexibility index (Phi) is 4.63. The van der Waals surface area contributed by atoms with Crippen LogP contribution in [-0.4, -0.2) is 58.2 Å². The molecule has 7 nitrogen and oxygen atoms in total. The average Bonchev–Trinajstić information content (AvgIpc) is 3.23. The number of benzene rings is 1. The van der Waals surface area contributed by atoms with E-state index in [1.807, 2.05) is 11.0 Å². The molecule has 0 spiro atoms. The molecule has 2 saturated heterocycles. The Morgan fingerprint density at radius 1 is 1.19 bits per heavy atom. The molecule has 138 valence electrons. The highest BCUT2D eigenvalue weighted by molar-refractivity contribution is 5.96. The number of carbonyl (C=O) groups is 1. The van der Waals surface area contributed by atoms with Gasteiger partial charge in [-0.25, -0.2) is 4.63 Å². The smallest absolute Gasteiger partial charge is 0.280 e. The van der Waals surface area contributed by atoms with E-state index in [1.54, 1.807) is 0 Å². The van der Waals surface area contributed by atoms with Crippen molar-refractivity contribution in [3.63, 3.8) is 0 Å². The Hall–Kier alpha value is -2.41. The van der Waals surface area contributed by atoms with Crippen LogP contribution in [0.2, 0.25) is 0 Å². The van der Waals surface area contributed by atoms with Gasteiger partial charge in [-0.15, -0.1) is 0 Å². The summed E-state index contributed by atoms with van der Waals surface area (Å²) in [5.74, 6) is 0.161. The van der Waals surface area contributed by atoms with E-state index in [-0.39, 0.29) is 29.4 Å². The number of nitrogen functional groups attached to an aromatic ring is 1. The Balaban J connectivity index is 1.70. The fourth-order valence-corrected chi connectivity index (χ4v) is 4.59. The molecular weight excluding hydrogens is 330 g/mol. The number of nitrogens with two attached hydrogens (primary N) is 1. The van der Waals surface area contributed by atoms with Crippen molar-refractivity contribution >= 4 is 11.7 Å². The van der Waals surface area contributed by atoms with Crippen LogP contribution in [0.3, 0.4) is 0 Å². The lowest BCUT2D eigenvalue weighted by Gasteiger charge is -2.36. The summed E-state index contributed by atoms with van der Waals surface area (Å²) in [6.07, 6.45) is 4.52. The second-order valence-electron chi connectivity index (χ2n) is 7.36. The van der Waals surface area contributed by atoms with E-state index in [4.69, 9.17) is 5.73 Å². The van der Waals surface area contributed by atoms with Crippen LogP contribution in [0.5, 0.6) is 0 Å². The Bertz CT molecular complexity index is 762. The fourth-order valence-electron chi connectivity index (χ4n) is 4.59. The van der Waals surface area contributed by atoms with Gasteiger partial charge in [0.15, 0.2) is 0 Å². The van der Waals surface area contributed by atoms with E-state index in [2.05, 4.69) is 51.2 Å². The normalized spacial score (nSPS) is 27.0. The molecule has 0 bridgehead atoms. The molecule has 1 aromatic carbocycles. The number of hydrogen-bond acceptors (Lipinski definition) is 6. The van der Waals surface area contributed by atoms with Crippen molar-refractivity contribution in [1.29, 1.82) is 0 Å². The zero-order valence-corrected chi connectivity index (χ0v) is 15.0. The second kappa shape index (κ2) is 7.07. The lowest BCUT2D eigenvalue weighted by atomic mass is 9.87. The molecule has 4 rings (SSSR count). The minimum Gasteiger partial charge on any atom is -0.379 e. The quantitative estimate of drug-likeness (QED) is 0.888. The molecule has 2 aromatic rings. The van der Waals surface area contributed by atoms with Crippen molar-refractivity contribution in [2.75, 3.05) is 25.9 Å². The highest BCUT2D eigenvalue weighted by Crippen LogP contribution is 2.39. The molecule has 1 amide bonds. The van der Waals surface area contributed by atoms with Crippen molar-refractivity contribution < 1.29 is 9.42 Å². The number of fused-ring (bicyclic) bond motifs is 1.